The Morgan fingerprint density at radius 1 is 1.44 bits per heavy atom. The molecular weight excluding hydrogens is 206 g/mol. The van der Waals surface area contributed by atoms with Gasteiger partial charge in [0.15, 0.2) is 0 Å². The van der Waals surface area contributed by atoms with Crippen LogP contribution in [0.15, 0.2) is 0 Å². The van der Waals surface area contributed by atoms with Crippen LogP contribution in [0.5, 0.6) is 0 Å². The number of hydrogen-bond donors (Lipinski definition) is 1. The zero-order chi connectivity index (χ0) is 11.6. The first kappa shape index (κ1) is 11.9. The SMILES string of the molecule is CC(C)(C(=O)OC1COC1)C1CCCNC1. The topological polar surface area (TPSA) is 47.6 Å². The molecule has 0 bridgehead atoms. The number of ether oxygens (including phenoxy) is 2. The highest BCUT2D eigenvalue weighted by atomic mass is 16.6. The lowest BCUT2D eigenvalue weighted by atomic mass is 9.75. The van der Waals surface area contributed by atoms with Crippen molar-refractivity contribution in [3.05, 3.63) is 0 Å². The summed E-state index contributed by atoms with van der Waals surface area (Å²) >= 11 is 0. The van der Waals surface area contributed by atoms with Crippen molar-refractivity contribution in [3.63, 3.8) is 0 Å². The smallest absolute Gasteiger partial charge is 0.312 e. The molecule has 1 unspecified atom stereocenters. The molecule has 2 aliphatic rings. The summed E-state index contributed by atoms with van der Waals surface area (Å²) in [5.74, 6) is 0.309. The molecule has 0 aromatic heterocycles. The molecule has 0 aromatic rings. The van der Waals surface area contributed by atoms with Gasteiger partial charge in [0.25, 0.3) is 0 Å². The van der Waals surface area contributed by atoms with Crippen LogP contribution >= 0.6 is 0 Å². The minimum absolute atomic E-state index is 0.0108. The average molecular weight is 227 g/mol. The number of hydrogen-bond acceptors (Lipinski definition) is 4. The average Bonchev–Trinajstić information content (AvgIpc) is 2.24. The van der Waals surface area contributed by atoms with Gasteiger partial charge in [-0.2, -0.15) is 0 Å². The van der Waals surface area contributed by atoms with Crippen molar-refractivity contribution < 1.29 is 14.3 Å². The lowest BCUT2D eigenvalue weighted by Crippen LogP contribution is -2.47. The molecule has 4 heteroatoms. The van der Waals surface area contributed by atoms with E-state index in [1.807, 2.05) is 13.8 Å². The zero-order valence-electron chi connectivity index (χ0n) is 10.1. The zero-order valence-corrected chi connectivity index (χ0v) is 10.1. The molecule has 2 heterocycles. The predicted octanol–water partition coefficient (Wildman–Crippen LogP) is 0.954. The number of carbonyl (C=O) groups is 1. The van der Waals surface area contributed by atoms with E-state index in [1.165, 1.54) is 0 Å². The Morgan fingerprint density at radius 2 is 2.19 bits per heavy atom. The van der Waals surface area contributed by atoms with Crippen LogP contribution in [0, 0.1) is 11.3 Å². The van der Waals surface area contributed by atoms with Crippen LogP contribution in [0.3, 0.4) is 0 Å². The molecule has 0 radical (unpaired) electrons. The largest absolute Gasteiger partial charge is 0.457 e. The molecule has 0 saturated carbocycles. The molecule has 1 N–H and O–H groups in total. The molecule has 2 fully saturated rings. The number of nitrogens with one attached hydrogen (secondary N) is 1. The van der Waals surface area contributed by atoms with Crippen LogP contribution in [-0.2, 0) is 14.3 Å². The Balaban J connectivity index is 1.90. The molecule has 4 nitrogen and oxygen atoms in total. The Labute approximate surface area is 96.7 Å². The lowest BCUT2D eigenvalue weighted by molar-refractivity contribution is -0.185. The van der Waals surface area contributed by atoms with Crippen LogP contribution in [0.2, 0.25) is 0 Å². The second kappa shape index (κ2) is 4.72. The van der Waals surface area contributed by atoms with Gasteiger partial charge >= 0.3 is 5.97 Å². The van der Waals surface area contributed by atoms with Gasteiger partial charge in [0, 0.05) is 0 Å². The van der Waals surface area contributed by atoms with E-state index < -0.39 is 0 Å². The van der Waals surface area contributed by atoms with E-state index in [9.17, 15) is 4.79 Å². The fourth-order valence-corrected chi connectivity index (χ4v) is 2.22. The number of esters is 1. The van der Waals surface area contributed by atoms with Crippen molar-refractivity contribution in [1.29, 1.82) is 0 Å². The molecule has 0 aromatic carbocycles. The second-order valence-corrected chi connectivity index (χ2v) is 5.33. The van der Waals surface area contributed by atoms with Crippen LogP contribution in [-0.4, -0.2) is 38.4 Å². The van der Waals surface area contributed by atoms with Crippen molar-refractivity contribution in [1.82, 2.24) is 5.32 Å². The maximum Gasteiger partial charge on any atom is 0.312 e. The first-order chi connectivity index (χ1) is 7.60. The summed E-state index contributed by atoms with van der Waals surface area (Å²) in [5, 5.41) is 3.34. The predicted molar refractivity (Wildman–Crippen MR) is 60.1 cm³/mol. The third-order valence-corrected chi connectivity index (χ3v) is 3.72. The van der Waals surface area contributed by atoms with Gasteiger partial charge in [-0.3, -0.25) is 4.79 Å². The Kier molecular flexibility index (Phi) is 3.50. The minimum atomic E-state index is -0.386. The quantitative estimate of drug-likeness (QED) is 0.729. The van der Waals surface area contributed by atoms with Crippen LogP contribution in [0.25, 0.3) is 0 Å². The van der Waals surface area contributed by atoms with E-state index in [4.69, 9.17) is 9.47 Å². The second-order valence-electron chi connectivity index (χ2n) is 5.33. The summed E-state index contributed by atoms with van der Waals surface area (Å²) < 4.78 is 10.4. The fourth-order valence-electron chi connectivity index (χ4n) is 2.22. The Bertz CT molecular complexity index is 255. The van der Waals surface area contributed by atoms with Crippen LogP contribution < -0.4 is 5.32 Å². The number of carbonyl (C=O) groups excluding carboxylic acids is 1. The molecular formula is C12H21NO3. The molecule has 1 atom stereocenters. The highest BCUT2D eigenvalue weighted by Crippen LogP contribution is 2.33. The maximum absolute atomic E-state index is 12.1. The van der Waals surface area contributed by atoms with Gasteiger partial charge in [-0.05, 0) is 45.7 Å². The number of rotatable bonds is 3. The van der Waals surface area contributed by atoms with E-state index >= 15 is 0 Å². The first-order valence-corrected chi connectivity index (χ1v) is 6.10. The molecule has 0 amide bonds. The maximum atomic E-state index is 12.1. The van der Waals surface area contributed by atoms with Gasteiger partial charge < -0.3 is 14.8 Å². The summed E-state index contributed by atoms with van der Waals surface area (Å²) in [6, 6.07) is 0. The van der Waals surface area contributed by atoms with E-state index in [-0.39, 0.29) is 17.5 Å². The third kappa shape index (κ3) is 2.38. The lowest BCUT2D eigenvalue weighted by Gasteiger charge is -2.37. The van der Waals surface area contributed by atoms with Crippen molar-refractivity contribution in [2.45, 2.75) is 32.8 Å². The van der Waals surface area contributed by atoms with Gasteiger partial charge in [-0.15, -0.1) is 0 Å². The van der Waals surface area contributed by atoms with Gasteiger partial charge in [-0.25, -0.2) is 0 Å². The first-order valence-electron chi connectivity index (χ1n) is 6.10. The van der Waals surface area contributed by atoms with E-state index in [2.05, 4.69) is 5.32 Å². The molecule has 2 saturated heterocycles. The summed E-state index contributed by atoms with van der Waals surface area (Å²) in [5.41, 5.74) is -0.386. The van der Waals surface area contributed by atoms with Crippen molar-refractivity contribution in [2.75, 3.05) is 26.3 Å². The van der Waals surface area contributed by atoms with E-state index in [1.54, 1.807) is 0 Å². The highest BCUT2D eigenvalue weighted by molar-refractivity contribution is 5.76. The highest BCUT2D eigenvalue weighted by Gasteiger charge is 2.40. The van der Waals surface area contributed by atoms with Crippen molar-refractivity contribution in [3.8, 4) is 0 Å². The van der Waals surface area contributed by atoms with Gasteiger partial charge in [0.05, 0.1) is 18.6 Å². The summed E-state index contributed by atoms with van der Waals surface area (Å²) in [6.07, 6.45) is 2.24. The molecule has 2 aliphatic heterocycles. The summed E-state index contributed by atoms with van der Waals surface area (Å²) in [6.45, 7) is 7.09. The van der Waals surface area contributed by atoms with Crippen LogP contribution in [0.4, 0.5) is 0 Å². The van der Waals surface area contributed by atoms with Crippen molar-refractivity contribution in [2.24, 2.45) is 11.3 Å². The van der Waals surface area contributed by atoms with Gasteiger partial charge in [0.2, 0.25) is 0 Å². The Morgan fingerprint density at radius 3 is 2.69 bits per heavy atom. The minimum Gasteiger partial charge on any atom is -0.457 e. The van der Waals surface area contributed by atoms with Crippen LogP contribution in [0.1, 0.15) is 26.7 Å². The molecule has 0 aliphatic carbocycles. The summed E-state index contributed by atoms with van der Waals surface area (Å²) in [4.78, 5) is 12.1. The monoisotopic (exact) mass is 227 g/mol. The third-order valence-electron chi connectivity index (χ3n) is 3.72. The number of piperidine rings is 1. The molecule has 92 valence electrons. The Hall–Kier alpha value is -0.610. The molecule has 2 rings (SSSR count). The molecule has 0 spiro atoms. The fraction of sp³-hybridized carbons (Fsp3) is 0.917. The molecule has 16 heavy (non-hydrogen) atoms. The summed E-state index contributed by atoms with van der Waals surface area (Å²) in [7, 11) is 0. The standard InChI is InChI=1S/C12H21NO3/c1-12(2,9-4-3-5-13-6-9)11(14)16-10-7-15-8-10/h9-10,13H,3-8H2,1-2H3. The van der Waals surface area contributed by atoms with Gasteiger partial charge in [-0.1, -0.05) is 0 Å². The van der Waals surface area contributed by atoms with E-state index in [0.29, 0.717) is 19.1 Å². The van der Waals surface area contributed by atoms with Crippen molar-refractivity contribution >= 4 is 5.97 Å². The van der Waals surface area contributed by atoms with Gasteiger partial charge in [0.1, 0.15) is 6.10 Å². The normalized spacial score (nSPS) is 27.2. The van der Waals surface area contributed by atoms with E-state index in [0.717, 1.165) is 25.9 Å².